The molecule has 0 aromatic carbocycles. The van der Waals surface area contributed by atoms with Crippen LogP contribution in [0.3, 0.4) is 0 Å². The van der Waals surface area contributed by atoms with Crippen molar-refractivity contribution in [3.8, 4) is 0 Å². The average molecular weight is 273 g/mol. The maximum absolute atomic E-state index is 11.9. The summed E-state index contributed by atoms with van der Waals surface area (Å²) in [6.45, 7) is 3.23. The summed E-state index contributed by atoms with van der Waals surface area (Å²) >= 11 is 0. The van der Waals surface area contributed by atoms with Gasteiger partial charge >= 0.3 is 5.97 Å². The topological polar surface area (TPSA) is 111 Å². The summed E-state index contributed by atoms with van der Waals surface area (Å²) < 4.78 is 30.6. The molecule has 1 unspecified atom stereocenters. The monoisotopic (exact) mass is 273 g/mol. The van der Waals surface area contributed by atoms with Crippen molar-refractivity contribution < 1.29 is 17.9 Å². The number of nitrogens with zero attached hydrogens (tertiary/aromatic N) is 1. The Labute approximate surface area is 105 Å². The highest BCUT2D eigenvalue weighted by atomic mass is 32.2. The number of hydrogen-bond donors (Lipinski definition) is 2. The number of ether oxygens (including phenoxy) is 1. The molecule has 1 aromatic rings. The predicted molar refractivity (Wildman–Crippen MR) is 65.1 cm³/mol. The van der Waals surface area contributed by atoms with E-state index in [1.165, 1.54) is 19.1 Å². The number of hydrogen-bond acceptors (Lipinski definition) is 6. The van der Waals surface area contributed by atoms with Crippen LogP contribution in [0.25, 0.3) is 0 Å². The van der Waals surface area contributed by atoms with Gasteiger partial charge in [-0.3, -0.25) is 4.79 Å². The van der Waals surface area contributed by atoms with E-state index in [4.69, 9.17) is 10.5 Å². The average Bonchev–Trinajstić information content (AvgIpc) is 2.29. The normalized spacial score (nSPS) is 13.0. The summed E-state index contributed by atoms with van der Waals surface area (Å²) in [6, 6.07) is 1.71. The third-order valence-corrected chi connectivity index (χ3v) is 3.57. The van der Waals surface area contributed by atoms with Gasteiger partial charge < -0.3 is 10.5 Å². The fourth-order valence-corrected chi connectivity index (χ4v) is 2.30. The molecule has 1 rings (SSSR count). The number of rotatable bonds is 5. The Morgan fingerprint density at radius 1 is 1.56 bits per heavy atom. The van der Waals surface area contributed by atoms with Crippen molar-refractivity contribution in [1.29, 1.82) is 0 Å². The Balaban J connectivity index is 2.82. The zero-order valence-electron chi connectivity index (χ0n) is 10.1. The molecule has 7 nitrogen and oxygen atoms in total. The van der Waals surface area contributed by atoms with Crippen LogP contribution in [0.1, 0.15) is 13.8 Å². The van der Waals surface area contributed by atoms with Crippen LogP contribution in [0.4, 0.5) is 5.82 Å². The Morgan fingerprint density at radius 2 is 2.22 bits per heavy atom. The zero-order chi connectivity index (χ0) is 13.8. The van der Waals surface area contributed by atoms with Crippen molar-refractivity contribution in [1.82, 2.24) is 9.71 Å². The molecule has 0 saturated heterocycles. The zero-order valence-corrected chi connectivity index (χ0v) is 10.9. The van der Waals surface area contributed by atoms with Crippen molar-refractivity contribution in [3.63, 3.8) is 0 Å². The van der Waals surface area contributed by atoms with Crippen LogP contribution >= 0.6 is 0 Å². The molecule has 0 bridgehead atoms. The first kappa shape index (κ1) is 14.4. The van der Waals surface area contributed by atoms with Gasteiger partial charge in [0, 0.05) is 6.20 Å². The molecular weight excluding hydrogens is 258 g/mol. The minimum Gasteiger partial charge on any atom is -0.465 e. The van der Waals surface area contributed by atoms with E-state index >= 15 is 0 Å². The number of nitrogens with two attached hydrogens (primary N) is 1. The molecular formula is C10H15N3O4S. The lowest BCUT2D eigenvalue weighted by Crippen LogP contribution is -2.39. The van der Waals surface area contributed by atoms with Gasteiger partial charge in [0.15, 0.2) is 0 Å². The van der Waals surface area contributed by atoms with Crippen LogP contribution in [0.2, 0.25) is 0 Å². The number of esters is 1. The lowest BCUT2D eigenvalue weighted by Gasteiger charge is -2.12. The fraction of sp³-hybridized carbons (Fsp3) is 0.400. The van der Waals surface area contributed by atoms with Crippen LogP contribution < -0.4 is 10.5 Å². The molecule has 18 heavy (non-hydrogen) atoms. The van der Waals surface area contributed by atoms with Gasteiger partial charge in [-0.15, -0.1) is 0 Å². The quantitative estimate of drug-likeness (QED) is 0.724. The highest BCUT2D eigenvalue weighted by Gasteiger charge is 2.22. The SMILES string of the molecule is CCOC(=O)C(C)NS(=O)(=O)c1ccc(N)nc1. The molecule has 0 saturated carbocycles. The molecule has 0 spiro atoms. The third-order valence-electron chi connectivity index (χ3n) is 2.04. The van der Waals surface area contributed by atoms with E-state index in [2.05, 4.69) is 9.71 Å². The van der Waals surface area contributed by atoms with Crippen molar-refractivity contribution in [2.45, 2.75) is 24.8 Å². The molecule has 0 radical (unpaired) electrons. The molecule has 0 aliphatic rings. The number of nitrogen functional groups attached to an aromatic ring is 1. The Morgan fingerprint density at radius 3 is 2.72 bits per heavy atom. The molecule has 8 heteroatoms. The Hall–Kier alpha value is -1.67. The maximum Gasteiger partial charge on any atom is 0.323 e. The lowest BCUT2D eigenvalue weighted by molar-refractivity contribution is -0.144. The molecule has 100 valence electrons. The van der Waals surface area contributed by atoms with E-state index in [9.17, 15) is 13.2 Å². The van der Waals surface area contributed by atoms with Crippen LogP contribution in [0, 0.1) is 0 Å². The largest absolute Gasteiger partial charge is 0.465 e. The van der Waals surface area contributed by atoms with E-state index in [1.807, 2.05) is 0 Å². The lowest BCUT2D eigenvalue weighted by atomic mass is 10.4. The van der Waals surface area contributed by atoms with Gasteiger partial charge in [0.05, 0.1) is 6.61 Å². The number of anilines is 1. The fourth-order valence-electron chi connectivity index (χ4n) is 1.17. The summed E-state index contributed by atoms with van der Waals surface area (Å²) in [6.07, 6.45) is 1.12. The van der Waals surface area contributed by atoms with E-state index in [-0.39, 0.29) is 17.3 Å². The van der Waals surface area contributed by atoms with E-state index in [0.717, 1.165) is 6.20 Å². The van der Waals surface area contributed by atoms with Gasteiger partial charge in [0.25, 0.3) is 0 Å². The number of aromatic nitrogens is 1. The summed E-state index contributed by atoms with van der Waals surface area (Å²) in [5, 5.41) is 0. The third kappa shape index (κ3) is 3.67. The highest BCUT2D eigenvalue weighted by molar-refractivity contribution is 7.89. The molecule has 1 heterocycles. The molecule has 0 amide bonds. The van der Waals surface area contributed by atoms with Crippen LogP contribution in [0.5, 0.6) is 0 Å². The van der Waals surface area contributed by atoms with Gasteiger partial charge in [0.2, 0.25) is 10.0 Å². The van der Waals surface area contributed by atoms with Crippen LogP contribution in [0.15, 0.2) is 23.2 Å². The molecule has 1 atom stereocenters. The number of carbonyl (C=O) groups is 1. The van der Waals surface area contributed by atoms with Crippen LogP contribution in [-0.4, -0.2) is 32.0 Å². The summed E-state index contributed by atoms with van der Waals surface area (Å²) in [4.78, 5) is 14.9. The minimum atomic E-state index is -3.81. The number of pyridine rings is 1. The smallest absolute Gasteiger partial charge is 0.323 e. The molecule has 3 N–H and O–H groups in total. The highest BCUT2D eigenvalue weighted by Crippen LogP contribution is 2.09. The van der Waals surface area contributed by atoms with Gasteiger partial charge in [-0.25, -0.2) is 13.4 Å². The van der Waals surface area contributed by atoms with Gasteiger partial charge in [-0.2, -0.15) is 4.72 Å². The molecule has 1 aromatic heterocycles. The second-order valence-corrected chi connectivity index (χ2v) is 5.23. The molecule has 0 aliphatic heterocycles. The summed E-state index contributed by atoms with van der Waals surface area (Å²) in [5.41, 5.74) is 5.36. The first-order valence-electron chi connectivity index (χ1n) is 5.27. The van der Waals surface area contributed by atoms with Crippen molar-refractivity contribution in [2.24, 2.45) is 0 Å². The van der Waals surface area contributed by atoms with Crippen molar-refractivity contribution in [3.05, 3.63) is 18.3 Å². The number of nitrogens with one attached hydrogen (secondary N) is 1. The summed E-state index contributed by atoms with van der Waals surface area (Å²) in [5.74, 6) is -0.420. The van der Waals surface area contributed by atoms with Crippen molar-refractivity contribution >= 4 is 21.8 Å². The summed E-state index contributed by atoms with van der Waals surface area (Å²) in [7, 11) is -3.81. The number of carbonyl (C=O) groups excluding carboxylic acids is 1. The first-order valence-corrected chi connectivity index (χ1v) is 6.75. The number of sulfonamides is 1. The minimum absolute atomic E-state index is 0.0622. The second-order valence-electron chi connectivity index (χ2n) is 3.51. The van der Waals surface area contributed by atoms with E-state index in [0.29, 0.717) is 0 Å². The van der Waals surface area contributed by atoms with Gasteiger partial charge in [-0.1, -0.05) is 0 Å². The first-order chi connectivity index (χ1) is 8.36. The maximum atomic E-state index is 11.9. The molecule has 0 aliphatic carbocycles. The van der Waals surface area contributed by atoms with Gasteiger partial charge in [-0.05, 0) is 26.0 Å². The van der Waals surface area contributed by atoms with E-state index < -0.39 is 22.0 Å². The van der Waals surface area contributed by atoms with Gasteiger partial charge in [0.1, 0.15) is 16.8 Å². The van der Waals surface area contributed by atoms with E-state index in [1.54, 1.807) is 6.92 Å². The van der Waals surface area contributed by atoms with Crippen LogP contribution in [-0.2, 0) is 19.6 Å². The predicted octanol–water partition coefficient (Wildman–Crippen LogP) is -0.106. The van der Waals surface area contributed by atoms with Crippen molar-refractivity contribution in [2.75, 3.05) is 12.3 Å². The Bertz CT molecular complexity index is 512. The molecule has 0 fully saturated rings. The second kappa shape index (κ2) is 5.78. The standard InChI is InChI=1S/C10H15N3O4S/c1-3-17-10(14)7(2)13-18(15,16)8-4-5-9(11)12-6-8/h4-7,13H,3H2,1-2H3,(H2,11,12). The Kier molecular flexibility index (Phi) is 4.62.